The number of hydrogen-bond acceptors (Lipinski definition) is 6. The standard InChI is InChI=1S/C27H23ClFNO4S2/c1-3-32-23-14-18(13-22(28)25(23)34-12-11-33-21-9-7-17(2)8-10-21)15-24-26(31)30(27(35)36-24)20-6-4-5-19(29)16-20/h4-10,13-16H,3,11-12H2,1-2H3. The molecule has 0 spiro atoms. The number of benzene rings is 3. The molecule has 9 heteroatoms. The number of ether oxygens (including phenoxy) is 3. The monoisotopic (exact) mass is 543 g/mol. The summed E-state index contributed by atoms with van der Waals surface area (Å²) in [5.74, 6) is 0.825. The number of hydrogen-bond donors (Lipinski definition) is 0. The van der Waals surface area contributed by atoms with Crippen LogP contribution in [-0.2, 0) is 4.79 Å². The van der Waals surface area contributed by atoms with Crippen LogP contribution in [0.5, 0.6) is 17.2 Å². The van der Waals surface area contributed by atoms with Crippen molar-refractivity contribution in [1.82, 2.24) is 0 Å². The van der Waals surface area contributed by atoms with E-state index in [0.717, 1.165) is 23.1 Å². The van der Waals surface area contributed by atoms with Crippen molar-refractivity contribution in [1.29, 1.82) is 0 Å². The molecule has 1 heterocycles. The molecule has 0 aliphatic carbocycles. The molecule has 1 amide bonds. The molecule has 3 aromatic carbocycles. The summed E-state index contributed by atoms with van der Waals surface area (Å²) >= 11 is 13.0. The molecule has 4 rings (SSSR count). The zero-order valence-electron chi connectivity index (χ0n) is 19.6. The maximum Gasteiger partial charge on any atom is 0.270 e. The SMILES string of the molecule is CCOc1cc(C=C2SC(=S)N(c3cccc(F)c3)C2=O)cc(Cl)c1OCCOc1ccc(C)cc1. The summed E-state index contributed by atoms with van der Waals surface area (Å²) in [6.45, 7) is 4.86. The number of anilines is 1. The molecule has 36 heavy (non-hydrogen) atoms. The average Bonchev–Trinajstić information content (AvgIpc) is 3.12. The zero-order chi connectivity index (χ0) is 25.7. The number of carbonyl (C=O) groups excluding carboxylic acids is 1. The van der Waals surface area contributed by atoms with Gasteiger partial charge in [-0.1, -0.05) is 59.3 Å². The van der Waals surface area contributed by atoms with Crippen LogP contribution in [0.1, 0.15) is 18.1 Å². The van der Waals surface area contributed by atoms with Crippen molar-refractivity contribution in [3.8, 4) is 17.2 Å². The Kier molecular flexibility index (Phi) is 8.51. The van der Waals surface area contributed by atoms with Gasteiger partial charge in [-0.2, -0.15) is 0 Å². The maximum atomic E-state index is 13.7. The van der Waals surface area contributed by atoms with Crippen molar-refractivity contribution >= 4 is 57.6 Å². The lowest BCUT2D eigenvalue weighted by Gasteiger charge is -2.15. The lowest BCUT2D eigenvalue weighted by atomic mass is 10.1. The van der Waals surface area contributed by atoms with E-state index in [4.69, 9.17) is 38.0 Å². The van der Waals surface area contributed by atoms with Gasteiger partial charge in [-0.25, -0.2) is 4.39 Å². The van der Waals surface area contributed by atoms with Gasteiger partial charge < -0.3 is 14.2 Å². The molecule has 5 nitrogen and oxygen atoms in total. The molecule has 0 unspecified atom stereocenters. The molecular weight excluding hydrogens is 521 g/mol. The Balaban J connectivity index is 1.49. The van der Waals surface area contributed by atoms with E-state index in [-0.39, 0.29) is 12.5 Å². The summed E-state index contributed by atoms with van der Waals surface area (Å²) in [6, 6.07) is 16.9. The van der Waals surface area contributed by atoms with Crippen LogP contribution >= 0.6 is 35.6 Å². The van der Waals surface area contributed by atoms with Crippen LogP contribution in [0, 0.1) is 12.7 Å². The van der Waals surface area contributed by atoms with Gasteiger partial charge in [-0.05, 0) is 68.0 Å². The van der Waals surface area contributed by atoms with Gasteiger partial charge in [0.15, 0.2) is 15.8 Å². The third kappa shape index (κ3) is 6.19. The number of halogens is 2. The topological polar surface area (TPSA) is 48.0 Å². The van der Waals surface area contributed by atoms with E-state index in [1.165, 1.54) is 23.1 Å². The van der Waals surface area contributed by atoms with Gasteiger partial charge in [0.2, 0.25) is 0 Å². The summed E-state index contributed by atoms with van der Waals surface area (Å²) in [5, 5.41) is 0.336. The molecule has 0 saturated carbocycles. The summed E-state index contributed by atoms with van der Waals surface area (Å²) in [4.78, 5) is 14.7. The molecule has 0 N–H and O–H groups in total. The van der Waals surface area contributed by atoms with Crippen molar-refractivity contribution in [2.75, 3.05) is 24.7 Å². The highest BCUT2D eigenvalue weighted by Gasteiger charge is 2.33. The Bertz CT molecular complexity index is 1310. The van der Waals surface area contributed by atoms with Gasteiger partial charge in [-0.15, -0.1) is 0 Å². The Morgan fingerprint density at radius 3 is 2.53 bits per heavy atom. The number of carbonyl (C=O) groups is 1. The Hall–Kier alpha value is -3.07. The molecule has 3 aromatic rings. The Morgan fingerprint density at radius 2 is 1.81 bits per heavy atom. The van der Waals surface area contributed by atoms with E-state index in [1.54, 1.807) is 24.3 Å². The minimum Gasteiger partial charge on any atom is -0.490 e. The summed E-state index contributed by atoms with van der Waals surface area (Å²) in [7, 11) is 0. The van der Waals surface area contributed by atoms with Crippen molar-refractivity contribution in [2.24, 2.45) is 0 Å². The third-order valence-corrected chi connectivity index (χ3v) is 6.69. The summed E-state index contributed by atoms with van der Waals surface area (Å²) in [5.41, 5.74) is 2.18. The predicted molar refractivity (Wildman–Crippen MR) is 147 cm³/mol. The number of amides is 1. The van der Waals surface area contributed by atoms with E-state index in [9.17, 15) is 9.18 Å². The van der Waals surface area contributed by atoms with Gasteiger partial charge in [0.05, 0.1) is 22.2 Å². The van der Waals surface area contributed by atoms with E-state index in [2.05, 4.69) is 0 Å². The third-order valence-electron chi connectivity index (χ3n) is 5.11. The van der Waals surface area contributed by atoms with Gasteiger partial charge >= 0.3 is 0 Å². The first-order chi connectivity index (χ1) is 17.4. The van der Waals surface area contributed by atoms with Gasteiger partial charge in [0.1, 0.15) is 24.8 Å². The maximum absolute atomic E-state index is 13.7. The average molecular weight is 544 g/mol. The summed E-state index contributed by atoms with van der Waals surface area (Å²) < 4.78 is 31.3. The molecule has 0 bridgehead atoms. The molecule has 0 atom stereocenters. The molecule has 1 saturated heterocycles. The van der Waals surface area contributed by atoms with Crippen LogP contribution in [0.25, 0.3) is 6.08 Å². The fourth-order valence-electron chi connectivity index (χ4n) is 3.47. The van der Waals surface area contributed by atoms with Crippen LogP contribution in [0.4, 0.5) is 10.1 Å². The minimum absolute atomic E-state index is 0.263. The number of nitrogens with zero attached hydrogens (tertiary/aromatic N) is 1. The first-order valence-electron chi connectivity index (χ1n) is 11.2. The molecular formula is C27H23ClFNO4S2. The second kappa shape index (κ2) is 11.8. The first-order valence-corrected chi connectivity index (χ1v) is 12.8. The fourth-order valence-corrected chi connectivity index (χ4v) is 5.04. The van der Waals surface area contributed by atoms with Crippen molar-refractivity contribution < 1.29 is 23.4 Å². The lowest BCUT2D eigenvalue weighted by molar-refractivity contribution is -0.113. The van der Waals surface area contributed by atoms with Gasteiger partial charge in [-0.3, -0.25) is 9.69 Å². The predicted octanol–water partition coefficient (Wildman–Crippen LogP) is 7.05. The Labute approximate surface area is 223 Å². The minimum atomic E-state index is -0.446. The Morgan fingerprint density at radius 1 is 1.06 bits per heavy atom. The van der Waals surface area contributed by atoms with Gasteiger partial charge in [0, 0.05) is 0 Å². The van der Waals surface area contributed by atoms with Crippen LogP contribution in [0.2, 0.25) is 5.02 Å². The molecule has 1 aliphatic rings. The quantitative estimate of drug-likeness (QED) is 0.164. The van der Waals surface area contributed by atoms with Crippen molar-refractivity contribution in [3.63, 3.8) is 0 Å². The highest BCUT2D eigenvalue weighted by Crippen LogP contribution is 2.40. The van der Waals surface area contributed by atoms with Crippen LogP contribution in [0.15, 0.2) is 65.6 Å². The largest absolute Gasteiger partial charge is 0.490 e. The molecule has 186 valence electrons. The molecule has 0 aromatic heterocycles. The number of rotatable bonds is 9. The number of thioether (sulfide) groups is 1. The highest BCUT2D eigenvalue weighted by molar-refractivity contribution is 8.27. The molecule has 1 fully saturated rings. The van der Waals surface area contributed by atoms with Crippen LogP contribution in [-0.4, -0.2) is 30.0 Å². The number of thiocarbonyl (C=S) groups is 1. The van der Waals surface area contributed by atoms with E-state index in [1.807, 2.05) is 38.1 Å². The van der Waals surface area contributed by atoms with Crippen molar-refractivity contribution in [3.05, 3.63) is 87.5 Å². The second-order valence-electron chi connectivity index (χ2n) is 7.77. The fraction of sp³-hybridized carbons (Fsp3) is 0.185. The molecule has 0 radical (unpaired) electrons. The first kappa shape index (κ1) is 26.0. The zero-order valence-corrected chi connectivity index (χ0v) is 22.0. The van der Waals surface area contributed by atoms with E-state index in [0.29, 0.717) is 50.2 Å². The van der Waals surface area contributed by atoms with Crippen LogP contribution in [0.3, 0.4) is 0 Å². The smallest absolute Gasteiger partial charge is 0.270 e. The van der Waals surface area contributed by atoms with Crippen LogP contribution < -0.4 is 19.1 Å². The van der Waals surface area contributed by atoms with Crippen molar-refractivity contribution in [2.45, 2.75) is 13.8 Å². The number of aryl methyl sites for hydroxylation is 1. The molecule has 1 aliphatic heterocycles. The van der Waals surface area contributed by atoms with Gasteiger partial charge in [0.25, 0.3) is 5.91 Å². The lowest BCUT2D eigenvalue weighted by Crippen LogP contribution is -2.27. The van der Waals surface area contributed by atoms with E-state index >= 15 is 0 Å². The van der Waals surface area contributed by atoms with E-state index < -0.39 is 5.82 Å². The normalized spacial score (nSPS) is 14.4. The highest BCUT2D eigenvalue weighted by atomic mass is 35.5. The second-order valence-corrected chi connectivity index (χ2v) is 9.85. The summed E-state index contributed by atoms with van der Waals surface area (Å²) in [6.07, 6.45) is 1.68.